The lowest BCUT2D eigenvalue weighted by molar-refractivity contribution is -0.170. The van der Waals surface area contributed by atoms with Crippen molar-refractivity contribution < 1.29 is 14.1 Å². The molecule has 0 bridgehead atoms. The number of carbonyl (C=O) groups excluding carboxylic acids is 1. The monoisotopic (exact) mass is 282 g/mol. The fraction of sp³-hybridized carbons (Fsp3) is 0.769. The molecule has 1 aliphatic rings. The SMILES string of the molecule is CCOC1CC(N)(C(=O)NCc2noc(C)n2)C1(C)C. The molecule has 2 atom stereocenters. The largest absolute Gasteiger partial charge is 0.378 e. The molecule has 1 aliphatic carbocycles. The van der Waals surface area contributed by atoms with Gasteiger partial charge in [-0.15, -0.1) is 0 Å². The highest BCUT2D eigenvalue weighted by Gasteiger charge is 2.62. The summed E-state index contributed by atoms with van der Waals surface area (Å²) in [5.74, 6) is 0.705. The molecule has 1 aromatic heterocycles. The minimum Gasteiger partial charge on any atom is -0.378 e. The van der Waals surface area contributed by atoms with Crippen LogP contribution < -0.4 is 11.1 Å². The summed E-state index contributed by atoms with van der Waals surface area (Å²) < 4.78 is 10.5. The highest BCUT2D eigenvalue weighted by molar-refractivity contribution is 5.88. The third kappa shape index (κ3) is 2.31. The van der Waals surface area contributed by atoms with E-state index in [2.05, 4.69) is 15.5 Å². The third-order valence-corrected chi connectivity index (χ3v) is 4.21. The van der Waals surface area contributed by atoms with E-state index in [1.54, 1.807) is 6.92 Å². The number of amides is 1. The molecule has 0 aliphatic heterocycles. The number of carbonyl (C=O) groups is 1. The second kappa shape index (κ2) is 5.14. The van der Waals surface area contributed by atoms with Gasteiger partial charge in [0.2, 0.25) is 11.8 Å². The van der Waals surface area contributed by atoms with Crippen LogP contribution in [0, 0.1) is 12.3 Å². The number of hydrogen-bond donors (Lipinski definition) is 2. The van der Waals surface area contributed by atoms with Gasteiger partial charge in [-0.1, -0.05) is 19.0 Å². The molecule has 1 heterocycles. The van der Waals surface area contributed by atoms with E-state index in [9.17, 15) is 4.79 Å². The first-order valence-electron chi connectivity index (χ1n) is 6.79. The Kier molecular flexibility index (Phi) is 3.84. The Morgan fingerprint density at radius 1 is 1.60 bits per heavy atom. The number of aryl methyl sites for hydroxylation is 1. The van der Waals surface area contributed by atoms with Crippen LogP contribution in [0.1, 0.15) is 38.9 Å². The first-order chi connectivity index (χ1) is 9.31. The zero-order valence-electron chi connectivity index (χ0n) is 12.4. The van der Waals surface area contributed by atoms with Crippen LogP contribution in [0.3, 0.4) is 0 Å². The Morgan fingerprint density at radius 2 is 2.30 bits per heavy atom. The molecular formula is C13H22N4O3. The van der Waals surface area contributed by atoms with Crippen molar-refractivity contribution in [2.75, 3.05) is 6.61 Å². The molecule has 7 heteroatoms. The number of ether oxygens (including phenoxy) is 1. The summed E-state index contributed by atoms with van der Waals surface area (Å²) in [6.07, 6.45) is 0.529. The summed E-state index contributed by atoms with van der Waals surface area (Å²) in [5, 5.41) is 6.50. The van der Waals surface area contributed by atoms with Gasteiger partial charge in [-0.25, -0.2) is 0 Å². The lowest BCUT2D eigenvalue weighted by Gasteiger charge is -2.57. The van der Waals surface area contributed by atoms with Crippen molar-refractivity contribution >= 4 is 5.91 Å². The predicted octanol–water partition coefficient (Wildman–Crippen LogP) is 0.527. The molecule has 2 unspecified atom stereocenters. The van der Waals surface area contributed by atoms with Crippen molar-refractivity contribution in [3.63, 3.8) is 0 Å². The van der Waals surface area contributed by atoms with Crippen LogP contribution in [-0.2, 0) is 16.1 Å². The maximum Gasteiger partial charge on any atom is 0.241 e. The van der Waals surface area contributed by atoms with Gasteiger partial charge in [0.25, 0.3) is 0 Å². The standard InChI is InChI=1S/C13H22N4O3/c1-5-19-9-6-13(14,12(9,3)4)11(18)15-7-10-16-8(2)20-17-10/h9H,5-7,14H2,1-4H3,(H,15,18). The van der Waals surface area contributed by atoms with E-state index < -0.39 is 11.0 Å². The molecule has 0 spiro atoms. The quantitative estimate of drug-likeness (QED) is 0.816. The van der Waals surface area contributed by atoms with Gasteiger partial charge in [0, 0.05) is 25.4 Å². The lowest BCUT2D eigenvalue weighted by Crippen LogP contribution is -2.75. The van der Waals surface area contributed by atoms with Gasteiger partial charge < -0.3 is 20.3 Å². The van der Waals surface area contributed by atoms with Gasteiger partial charge in [0.15, 0.2) is 5.82 Å². The maximum absolute atomic E-state index is 12.3. The molecular weight excluding hydrogens is 260 g/mol. The van der Waals surface area contributed by atoms with Crippen LogP contribution in [0.4, 0.5) is 0 Å². The van der Waals surface area contributed by atoms with Gasteiger partial charge in [-0.05, 0) is 6.92 Å². The van der Waals surface area contributed by atoms with E-state index in [1.807, 2.05) is 20.8 Å². The second-order valence-electron chi connectivity index (χ2n) is 5.75. The number of hydrogen-bond acceptors (Lipinski definition) is 6. The average Bonchev–Trinajstić information content (AvgIpc) is 2.81. The van der Waals surface area contributed by atoms with Gasteiger partial charge in [-0.2, -0.15) is 4.98 Å². The predicted molar refractivity (Wildman–Crippen MR) is 71.6 cm³/mol. The minimum absolute atomic E-state index is 0.00988. The summed E-state index contributed by atoms with van der Waals surface area (Å²) in [7, 11) is 0. The van der Waals surface area contributed by atoms with Crippen molar-refractivity contribution in [3.8, 4) is 0 Å². The van der Waals surface area contributed by atoms with Gasteiger partial charge in [-0.3, -0.25) is 4.79 Å². The minimum atomic E-state index is -0.925. The highest BCUT2D eigenvalue weighted by atomic mass is 16.5. The van der Waals surface area contributed by atoms with E-state index in [4.69, 9.17) is 15.0 Å². The Balaban J connectivity index is 1.95. The fourth-order valence-electron chi connectivity index (χ4n) is 2.55. The molecule has 3 N–H and O–H groups in total. The van der Waals surface area contributed by atoms with E-state index >= 15 is 0 Å². The van der Waals surface area contributed by atoms with E-state index in [1.165, 1.54) is 0 Å². The fourth-order valence-corrected chi connectivity index (χ4v) is 2.55. The molecule has 2 rings (SSSR count). The molecule has 0 radical (unpaired) electrons. The van der Waals surface area contributed by atoms with Gasteiger partial charge in [0.05, 0.1) is 12.6 Å². The topological polar surface area (TPSA) is 103 Å². The van der Waals surface area contributed by atoms with Crippen LogP contribution in [0.25, 0.3) is 0 Å². The second-order valence-corrected chi connectivity index (χ2v) is 5.75. The molecule has 1 saturated carbocycles. The molecule has 1 aromatic rings. The molecule has 20 heavy (non-hydrogen) atoms. The molecule has 0 saturated heterocycles. The van der Waals surface area contributed by atoms with Gasteiger partial charge in [0.1, 0.15) is 5.54 Å². The molecule has 1 amide bonds. The zero-order chi connectivity index (χ0) is 15.0. The number of nitrogens with zero attached hydrogens (tertiary/aromatic N) is 2. The summed E-state index contributed by atoms with van der Waals surface area (Å²) in [5.41, 5.74) is 4.93. The van der Waals surface area contributed by atoms with Crippen molar-refractivity contribution in [1.29, 1.82) is 0 Å². The molecule has 1 fully saturated rings. The van der Waals surface area contributed by atoms with Crippen LogP contribution in [0.5, 0.6) is 0 Å². The van der Waals surface area contributed by atoms with E-state index in [-0.39, 0.29) is 18.6 Å². The lowest BCUT2D eigenvalue weighted by atomic mass is 9.54. The van der Waals surface area contributed by atoms with Crippen LogP contribution >= 0.6 is 0 Å². The van der Waals surface area contributed by atoms with Crippen molar-refractivity contribution in [2.45, 2.75) is 52.3 Å². The Hall–Kier alpha value is -1.47. The highest BCUT2D eigenvalue weighted by Crippen LogP contribution is 2.49. The number of nitrogens with two attached hydrogens (primary N) is 1. The van der Waals surface area contributed by atoms with Crippen LogP contribution in [-0.4, -0.2) is 34.3 Å². The van der Waals surface area contributed by atoms with E-state index in [0.29, 0.717) is 24.7 Å². The third-order valence-electron chi connectivity index (χ3n) is 4.21. The summed E-state index contributed by atoms with van der Waals surface area (Å²) in [6, 6.07) is 0. The average molecular weight is 282 g/mol. The summed E-state index contributed by atoms with van der Waals surface area (Å²) in [4.78, 5) is 16.3. The number of nitrogens with one attached hydrogen (secondary N) is 1. The Labute approximate surface area is 118 Å². The molecule has 112 valence electrons. The molecule has 7 nitrogen and oxygen atoms in total. The number of aromatic nitrogens is 2. The first kappa shape index (κ1) is 14.9. The van der Waals surface area contributed by atoms with Crippen molar-refractivity contribution in [2.24, 2.45) is 11.1 Å². The van der Waals surface area contributed by atoms with Crippen molar-refractivity contribution in [3.05, 3.63) is 11.7 Å². The first-order valence-corrected chi connectivity index (χ1v) is 6.79. The van der Waals surface area contributed by atoms with Gasteiger partial charge >= 0.3 is 0 Å². The Morgan fingerprint density at radius 3 is 2.80 bits per heavy atom. The van der Waals surface area contributed by atoms with E-state index in [0.717, 1.165) is 0 Å². The van der Waals surface area contributed by atoms with Crippen LogP contribution in [0.2, 0.25) is 0 Å². The normalized spacial score (nSPS) is 27.9. The smallest absolute Gasteiger partial charge is 0.241 e. The molecule has 0 aromatic carbocycles. The maximum atomic E-state index is 12.3. The summed E-state index contributed by atoms with van der Waals surface area (Å²) >= 11 is 0. The summed E-state index contributed by atoms with van der Waals surface area (Å²) in [6.45, 7) is 8.37. The van der Waals surface area contributed by atoms with Crippen LogP contribution in [0.15, 0.2) is 4.52 Å². The zero-order valence-corrected chi connectivity index (χ0v) is 12.4. The Bertz CT molecular complexity index is 500. The van der Waals surface area contributed by atoms with Crippen molar-refractivity contribution in [1.82, 2.24) is 15.5 Å². The number of rotatable bonds is 5.